The number of hydrogen-bond donors (Lipinski definition) is 1. The summed E-state index contributed by atoms with van der Waals surface area (Å²) in [7, 11) is 0. The van der Waals surface area contributed by atoms with E-state index in [0.717, 1.165) is 0 Å². The Balaban J connectivity index is 4.37. The second kappa shape index (κ2) is 6.89. The van der Waals surface area contributed by atoms with Gasteiger partial charge in [0.25, 0.3) is 0 Å². The van der Waals surface area contributed by atoms with Crippen molar-refractivity contribution in [2.24, 2.45) is 5.92 Å². The predicted octanol–water partition coefficient (Wildman–Crippen LogP) is 2.09. The van der Waals surface area contributed by atoms with Gasteiger partial charge in [0.1, 0.15) is 6.54 Å². The maximum atomic E-state index is 11.9. The van der Waals surface area contributed by atoms with Gasteiger partial charge in [0.05, 0.1) is 5.75 Å². The normalized spacial score (nSPS) is 11.6. The molecule has 0 fully saturated rings. The molecule has 0 aliphatic carbocycles. The Kier molecular flexibility index (Phi) is 6.60. The smallest absolute Gasteiger partial charge is 0.323 e. The predicted molar refractivity (Wildman–Crippen MR) is 71.3 cm³/mol. The molecule has 0 unspecified atom stereocenters. The van der Waals surface area contributed by atoms with Gasteiger partial charge in [-0.1, -0.05) is 34.6 Å². The van der Waals surface area contributed by atoms with Crippen molar-refractivity contribution in [2.75, 3.05) is 18.8 Å². The Morgan fingerprint density at radius 3 is 2.18 bits per heavy atom. The second-order valence-corrected chi connectivity index (χ2v) is 7.26. The first-order valence-corrected chi connectivity index (χ1v) is 6.74. The van der Waals surface area contributed by atoms with Crippen molar-refractivity contribution >= 4 is 23.6 Å². The first-order chi connectivity index (χ1) is 7.61. The summed E-state index contributed by atoms with van der Waals surface area (Å²) in [6.07, 6.45) is 0. The molecule has 0 spiro atoms. The van der Waals surface area contributed by atoms with Crippen LogP contribution in [0.15, 0.2) is 0 Å². The lowest BCUT2D eigenvalue weighted by molar-refractivity contribution is -0.143. The van der Waals surface area contributed by atoms with Crippen molar-refractivity contribution in [1.82, 2.24) is 4.90 Å². The molecule has 0 aliphatic heterocycles. The van der Waals surface area contributed by atoms with Crippen LogP contribution in [0, 0.1) is 5.92 Å². The minimum Gasteiger partial charge on any atom is -0.480 e. The molecule has 1 N–H and O–H groups in total. The number of amides is 1. The molecule has 0 aromatic heterocycles. The molecule has 0 radical (unpaired) electrons. The summed E-state index contributed by atoms with van der Waals surface area (Å²) < 4.78 is 0.0163. The average Bonchev–Trinajstić information content (AvgIpc) is 2.10. The lowest BCUT2D eigenvalue weighted by atomic mass is 10.2. The van der Waals surface area contributed by atoms with Crippen molar-refractivity contribution < 1.29 is 14.7 Å². The Hall–Kier alpha value is -0.710. The van der Waals surface area contributed by atoms with Crippen LogP contribution in [0.3, 0.4) is 0 Å². The number of carbonyl (C=O) groups excluding carboxylic acids is 1. The molecule has 0 aliphatic rings. The number of hydrogen-bond acceptors (Lipinski definition) is 3. The zero-order valence-corrected chi connectivity index (χ0v) is 12.1. The molecule has 5 heteroatoms. The third-order valence-corrected chi connectivity index (χ3v) is 3.15. The van der Waals surface area contributed by atoms with Crippen LogP contribution in [0.5, 0.6) is 0 Å². The number of carboxylic acids is 1. The molecule has 0 saturated heterocycles. The van der Waals surface area contributed by atoms with E-state index in [4.69, 9.17) is 5.11 Å². The van der Waals surface area contributed by atoms with Gasteiger partial charge in [-0.05, 0) is 5.92 Å². The lowest BCUT2D eigenvalue weighted by Crippen LogP contribution is -2.39. The van der Waals surface area contributed by atoms with Gasteiger partial charge in [0.2, 0.25) is 5.91 Å². The first-order valence-electron chi connectivity index (χ1n) is 5.75. The highest BCUT2D eigenvalue weighted by molar-refractivity contribution is 8.01. The maximum absolute atomic E-state index is 11.9. The highest BCUT2D eigenvalue weighted by Gasteiger charge is 2.20. The Bertz CT molecular complexity index is 271. The Morgan fingerprint density at radius 1 is 1.29 bits per heavy atom. The molecule has 0 aromatic carbocycles. The van der Waals surface area contributed by atoms with E-state index in [2.05, 4.69) is 0 Å². The molecule has 17 heavy (non-hydrogen) atoms. The van der Waals surface area contributed by atoms with E-state index in [9.17, 15) is 9.59 Å². The van der Waals surface area contributed by atoms with Crippen LogP contribution >= 0.6 is 11.8 Å². The van der Waals surface area contributed by atoms with E-state index in [1.165, 1.54) is 4.90 Å². The molecule has 0 atom stereocenters. The van der Waals surface area contributed by atoms with Crippen molar-refractivity contribution in [3.8, 4) is 0 Å². The molecule has 0 heterocycles. The monoisotopic (exact) mass is 261 g/mol. The second-order valence-electron chi connectivity index (χ2n) is 5.46. The van der Waals surface area contributed by atoms with E-state index >= 15 is 0 Å². The number of rotatable bonds is 6. The van der Waals surface area contributed by atoms with E-state index < -0.39 is 5.97 Å². The summed E-state index contributed by atoms with van der Waals surface area (Å²) in [6, 6.07) is 0. The third-order valence-electron chi connectivity index (χ3n) is 1.89. The van der Waals surface area contributed by atoms with Crippen LogP contribution in [-0.4, -0.2) is 45.5 Å². The summed E-state index contributed by atoms with van der Waals surface area (Å²) in [5.41, 5.74) is 0. The molecule has 1 amide bonds. The van der Waals surface area contributed by atoms with Crippen LogP contribution in [0.4, 0.5) is 0 Å². The Labute approximate surface area is 108 Å². The van der Waals surface area contributed by atoms with Crippen LogP contribution in [0.2, 0.25) is 0 Å². The van der Waals surface area contributed by atoms with Crippen LogP contribution in [-0.2, 0) is 9.59 Å². The summed E-state index contributed by atoms with van der Waals surface area (Å²) in [5, 5.41) is 8.77. The molecule has 0 bridgehead atoms. The largest absolute Gasteiger partial charge is 0.480 e. The van der Waals surface area contributed by atoms with Crippen LogP contribution in [0.1, 0.15) is 34.6 Å². The van der Waals surface area contributed by atoms with Crippen LogP contribution in [0.25, 0.3) is 0 Å². The van der Waals surface area contributed by atoms with Gasteiger partial charge in [0.15, 0.2) is 0 Å². The standard InChI is InChI=1S/C12H23NO3S/c1-9(2)6-13(7-11(15)16)10(14)8-17-12(3,4)5/h9H,6-8H2,1-5H3,(H,15,16). The van der Waals surface area contributed by atoms with Crippen molar-refractivity contribution in [1.29, 1.82) is 0 Å². The van der Waals surface area contributed by atoms with Gasteiger partial charge in [-0.25, -0.2) is 0 Å². The van der Waals surface area contributed by atoms with Gasteiger partial charge in [0, 0.05) is 11.3 Å². The fourth-order valence-electron chi connectivity index (χ4n) is 1.23. The topological polar surface area (TPSA) is 57.6 Å². The van der Waals surface area contributed by atoms with Crippen LogP contribution < -0.4 is 0 Å². The minimum absolute atomic E-state index is 0.0163. The zero-order valence-electron chi connectivity index (χ0n) is 11.3. The number of thioether (sulfide) groups is 1. The van der Waals surface area contributed by atoms with E-state index in [1.54, 1.807) is 11.8 Å². The average molecular weight is 261 g/mol. The molecule has 4 nitrogen and oxygen atoms in total. The summed E-state index contributed by atoms with van der Waals surface area (Å²) in [4.78, 5) is 24.0. The molecular weight excluding hydrogens is 238 g/mol. The Morgan fingerprint density at radius 2 is 1.82 bits per heavy atom. The maximum Gasteiger partial charge on any atom is 0.323 e. The van der Waals surface area contributed by atoms with Crippen molar-refractivity contribution in [3.05, 3.63) is 0 Å². The quantitative estimate of drug-likeness (QED) is 0.795. The summed E-state index contributed by atoms with van der Waals surface area (Å²) in [5.74, 6) is -0.442. The number of nitrogens with zero attached hydrogens (tertiary/aromatic N) is 1. The SMILES string of the molecule is CC(C)CN(CC(=O)O)C(=O)CSC(C)(C)C. The number of aliphatic carboxylic acids is 1. The summed E-state index contributed by atoms with van der Waals surface area (Å²) >= 11 is 1.54. The lowest BCUT2D eigenvalue weighted by Gasteiger charge is -2.24. The number of carbonyl (C=O) groups is 2. The zero-order chi connectivity index (χ0) is 13.6. The fourth-order valence-corrected chi connectivity index (χ4v) is 1.97. The minimum atomic E-state index is -0.959. The molecule has 100 valence electrons. The van der Waals surface area contributed by atoms with Crippen molar-refractivity contribution in [2.45, 2.75) is 39.4 Å². The highest BCUT2D eigenvalue weighted by atomic mass is 32.2. The van der Waals surface area contributed by atoms with Gasteiger partial charge in [-0.2, -0.15) is 0 Å². The molecule has 0 aromatic rings. The van der Waals surface area contributed by atoms with Gasteiger partial charge >= 0.3 is 5.97 Å². The van der Waals surface area contributed by atoms with Gasteiger partial charge in [-0.3, -0.25) is 9.59 Å². The molecule has 0 rings (SSSR count). The fraction of sp³-hybridized carbons (Fsp3) is 0.833. The highest BCUT2D eigenvalue weighted by Crippen LogP contribution is 2.23. The number of carboxylic acid groups (broad SMARTS) is 1. The van der Waals surface area contributed by atoms with E-state index in [0.29, 0.717) is 12.3 Å². The van der Waals surface area contributed by atoms with Gasteiger partial charge < -0.3 is 10.0 Å². The first kappa shape index (κ1) is 16.3. The summed E-state index contributed by atoms with van der Waals surface area (Å²) in [6.45, 7) is 10.3. The third kappa shape index (κ3) is 9.03. The molecule has 0 saturated carbocycles. The van der Waals surface area contributed by atoms with E-state index in [-0.39, 0.29) is 23.1 Å². The van der Waals surface area contributed by atoms with Gasteiger partial charge in [-0.15, -0.1) is 11.8 Å². The van der Waals surface area contributed by atoms with E-state index in [1.807, 2.05) is 34.6 Å². The van der Waals surface area contributed by atoms with Crippen molar-refractivity contribution in [3.63, 3.8) is 0 Å². The molecular formula is C12H23NO3S.